The molecule has 0 spiro atoms. The summed E-state index contributed by atoms with van der Waals surface area (Å²) >= 11 is 0. The van der Waals surface area contributed by atoms with Gasteiger partial charge in [-0.05, 0) is 50.9 Å². The van der Waals surface area contributed by atoms with E-state index in [0.717, 1.165) is 51.6 Å². The number of ether oxygens (including phenoxy) is 1. The van der Waals surface area contributed by atoms with Crippen molar-refractivity contribution >= 4 is 10.0 Å². The molecule has 3 atom stereocenters. The lowest BCUT2D eigenvalue weighted by Gasteiger charge is -2.33. The zero-order chi connectivity index (χ0) is 15.3. The molecule has 0 aliphatic carbocycles. The number of piperidine rings is 1. The maximum Gasteiger partial charge on any atom is 0.211 e. The van der Waals surface area contributed by atoms with Crippen LogP contribution in [0.2, 0.25) is 0 Å². The van der Waals surface area contributed by atoms with E-state index in [1.165, 1.54) is 6.26 Å². The molecule has 2 fully saturated rings. The molecule has 0 aromatic rings. The van der Waals surface area contributed by atoms with Crippen molar-refractivity contribution in [2.75, 3.05) is 26.0 Å². The Morgan fingerprint density at radius 1 is 1.38 bits per heavy atom. The average molecular weight is 319 g/mol. The van der Waals surface area contributed by atoms with Crippen molar-refractivity contribution in [2.45, 2.75) is 57.1 Å². The molecule has 2 rings (SSSR count). The highest BCUT2D eigenvalue weighted by Gasteiger charge is 2.28. The third kappa shape index (κ3) is 5.49. The van der Waals surface area contributed by atoms with Gasteiger partial charge in [0, 0.05) is 25.7 Å². The molecule has 0 radical (unpaired) electrons. The van der Waals surface area contributed by atoms with Crippen molar-refractivity contribution in [3.63, 3.8) is 0 Å². The molecule has 124 valence electrons. The molecule has 2 saturated heterocycles. The first-order chi connectivity index (χ1) is 9.99. The van der Waals surface area contributed by atoms with E-state index in [2.05, 4.69) is 5.43 Å². The Morgan fingerprint density at radius 2 is 2.19 bits per heavy atom. The van der Waals surface area contributed by atoms with Gasteiger partial charge in [0.15, 0.2) is 0 Å². The van der Waals surface area contributed by atoms with Crippen LogP contribution in [-0.2, 0) is 14.8 Å². The quantitative estimate of drug-likeness (QED) is 0.536. The second-order valence-corrected chi connectivity index (χ2v) is 8.42. The van der Waals surface area contributed by atoms with Crippen LogP contribution in [0.15, 0.2) is 0 Å². The molecule has 2 heterocycles. The van der Waals surface area contributed by atoms with E-state index < -0.39 is 10.0 Å². The van der Waals surface area contributed by atoms with Crippen LogP contribution in [0, 0.1) is 5.92 Å². The Labute approximate surface area is 128 Å². The summed E-state index contributed by atoms with van der Waals surface area (Å²) in [5.74, 6) is 6.07. The predicted molar refractivity (Wildman–Crippen MR) is 83.1 cm³/mol. The first-order valence-electron chi connectivity index (χ1n) is 8.02. The van der Waals surface area contributed by atoms with Crippen LogP contribution in [0.3, 0.4) is 0 Å². The Balaban J connectivity index is 1.77. The van der Waals surface area contributed by atoms with Gasteiger partial charge in [0.2, 0.25) is 10.0 Å². The van der Waals surface area contributed by atoms with E-state index in [9.17, 15) is 8.42 Å². The minimum Gasteiger partial charge on any atom is -0.378 e. The molecular weight excluding hydrogens is 290 g/mol. The van der Waals surface area contributed by atoms with Crippen molar-refractivity contribution in [3.05, 3.63) is 0 Å². The smallest absolute Gasteiger partial charge is 0.211 e. The number of nitrogens with two attached hydrogens (primary N) is 1. The molecular formula is C14H29N3O3S. The maximum atomic E-state index is 11.7. The molecule has 0 amide bonds. The Kier molecular flexibility index (Phi) is 6.43. The number of sulfonamides is 1. The zero-order valence-electron chi connectivity index (χ0n) is 13.0. The van der Waals surface area contributed by atoms with E-state index in [4.69, 9.17) is 10.6 Å². The number of hydrazine groups is 1. The third-order valence-electron chi connectivity index (χ3n) is 4.67. The minimum absolute atomic E-state index is 0.249. The third-order valence-corrected chi connectivity index (χ3v) is 5.94. The highest BCUT2D eigenvalue weighted by Crippen LogP contribution is 2.25. The van der Waals surface area contributed by atoms with Gasteiger partial charge in [0.05, 0.1) is 12.4 Å². The molecule has 3 N–H and O–H groups in total. The second-order valence-electron chi connectivity index (χ2n) is 6.44. The molecule has 3 unspecified atom stereocenters. The highest BCUT2D eigenvalue weighted by molar-refractivity contribution is 7.88. The topological polar surface area (TPSA) is 84.7 Å². The molecule has 0 saturated carbocycles. The molecule has 7 heteroatoms. The summed E-state index contributed by atoms with van der Waals surface area (Å²) in [6, 6.07) is 0.249. The van der Waals surface area contributed by atoms with Crippen molar-refractivity contribution < 1.29 is 13.2 Å². The number of nitrogens with zero attached hydrogens (tertiary/aromatic N) is 1. The molecule has 21 heavy (non-hydrogen) atoms. The summed E-state index contributed by atoms with van der Waals surface area (Å²) < 4.78 is 30.6. The van der Waals surface area contributed by atoms with Gasteiger partial charge in [0.1, 0.15) is 0 Å². The molecule has 0 aromatic heterocycles. The first-order valence-corrected chi connectivity index (χ1v) is 9.86. The van der Waals surface area contributed by atoms with E-state index in [-0.39, 0.29) is 6.04 Å². The van der Waals surface area contributed by atoms with Crippen LogP contribution in [0.4, 0.5) is 0 Å². The molecule has 2 aliphatic rings. The lowest BCUT2D eigenvalue weighted by molar-refractivity contribution is 0.0979. The van der Waals surface area contributed by atoms with Gasteiger partial charge in [-0.2, -0.15) is 0 Å². The number of hydrogen-bond acceptors (Lipinski definition) is 5. The van der Waals surface area contributed by atoms with Gasteiger partial charge in [-0.25, -0.2) is 12.7 Å². The van der Waals surface area contributed by atoms with Gasteiger partial charge in [-0.3, -0.25) is 11.3 Å². The summed E-state index contributed by atoms with van der Waals surface area (Å²) in [6.45, 7) is 2.18. The molecule has 6 nitrogen and oxygen atoms in total. The van der Waals surface area contributed by atoms with Crippen LogP contribution in [0.1, 0.15) is 44.9 Å². The first kappa shape index (κ1) is 17.1. The monoisotopic (exact) mass is 319 g/mol. The fourth-order valence-corrected chi connectivity index (χ4v) is 4.39. The van der Waals surface area contributed by atoms with Crippen LogP contribution < -0.4 is 11.3 Å². The van der Waals surface area contributed by atoms with Crippen molar-refractivity contribution in [1.82, 2.24) is 9.73 Å². The van der Waals surface area contributed by atoms with Crippen LogP contribution in [0.5, 0.6) is 0 Å². The second kappa shape index (κ2) is 7.87. The van der Waals surface area contributed by atoms with Crippen molar-refractivity contribution in [1.29, 1.82) is 0 Å². The van der Waals surface area contributed by atoms with Gasteiger partial charge >= 0.3 is 0 Å². The molecule has 0 aromatic carbocycles. The largest absolute Gasteiger partial charge is 0.378 e. The standard InChI is InChI=1S/C14H29N3O3S/c1-21(18,19)17-8-2-4-12(11-17)10-13(16-15)6-7-14-5-3-9-20-14/h12-14,16H,2-11,15H2,1H3. The van der Waals surface area contributed by atoms with Crippen molar-refractivity contribution in [2.24, 2.45) is 11.8 Å². The van der Waals surface area contributed by atoms with Crippen LogP contribution >= 0.6 is 0 Å². The summed E-state index contributed by atoms with van der Waals surface area (Å²) in [5, 5.41) is 0. The normalized spacial score (nSPS) is 29.6. The van der Waals surface area contributed by atoms with Gasteiger partial charge < -0.3 is 4.74 Å². The van der Waals surface area contributed by atoms with Gasteiger partial charge in [0.25, 0.3) is 0 Å². The van der Waals surface area contributed by atoms with E-state index >= 15 is 0 Å². The summed E-state index contributed by atoms with van der Waals surface area (Å²) in [6.07, 6.45) is 9.01. The Bertz CT molecular complexity index is 410. The number of nitrogens with one attached hydrogen (secondary N) is 1. The van der Waals surface area contributed by atoms with Gasteiger partial charge in [-0.1, -0.05) is 0 Å². The van der Waals surface area contributed by atoms with E-state index in [1.807, 2.05) is 0 Å². The van der Waals surface area contributed by atoms with Crippen LogP contribution in [0.25, 0.3) is 0 Å². The minimum atomic E-state index is -3.06. The Hall–Kier alpha value is -0.210. The SMILES string of the molecule is CS(=O)(=O)N1CCCC(CC(CCC2CCCO2)NN)C1. The average Bonchev–Trinajstić information content (AvgIpc) is 2.96. The molecule has 0 bridgehead atoms. The van der Waals surface area contributed by atoms with E-state index in [1.54, 1.807) is 4.31 Å². The highest BCUT2D eigenvalue weighted by atomic mass is 32.2. The lowest BCUT2D eigenvalue weighted by atomic mass is 9.90. The van der Waals surface area contributed by atoms with E-state index in [0.29, 0.717) is 25.1 Å². The number of rotatable bonds is 7. The summed E-state index contributed by atoms with van der Waals surface area (Å²) in [5.41, 5.74) is 2.90. The summed E-state index contributed by atoms with van der Waals surface area (Å²) in [4.78, 5) is 0. The fraction of sp³-hybridized carbons (Fsp3) is 1.00. The maximum absolute atomic E-state index is 11.7. The lowest BCUT2D eigenvalue weighted by Crippen LogP contribution is -2.43. The van der Waals surface area contributed by atoms with Crippen LogP contribution in [-0.4, -0.2) is 50.8 Å². The number of hydrogen-bond donors (Lipinski definition) is 2. The fourth-order valence-electron chi connectivity index (χ4n) is 3.45. The van der Waals surface area contributed by atoms with Gasteiger partial charge in [-0.15, -0.1) is 0 Å². The zero-order valence-corrected chi connectivity index (χ0v) is 13.8. The summed E-state index contributed by atoms with van der Waals surface area (Å²) in [7, 11) is -3.06. The predicted octanol–water partition coefficient (Wildman–Crippen LogP) is 0.839. The molecule has 2 aliphatic heterocycles. The van der Waals surface area contributed by atoms with Crippen molar-refractivity contribution in [3.8, 4) is 0 Å². The Morgan fingerprint density at radius 3 is 2.81 bits per heavy atom.